The Kier molecular flexibility index (Phi) is 3.51. The van der Waals surface area contributed by atoms with Crippen LogP contribution < -0.4 is 5.56 Å². The van der Waals surface area contributed by atoms with Gasteiger partial charge in [0.05, 0.1) is 29.6 Å². The van der Waals surface area contributed by atoms with Crippen LogP contribution in [-0.4, -0.2) is 21.3 Å². The van der Waals surface area contributed by atoms with E-state index in [-0.39, 0.29) is 23.8 Å². The molecule has 0 unspecified atom stereocenters. The summed E-state index contributed by atoms with van der Waals surface area (Å²) >= 11 is 5.68. The van der Waals surface area contributed by atoms with E-state index >= 15 is 0 Å². The summed E-state index contributed by atoms with van der Waals surface area (Å²) in [5, 5.41) is 8.23. The fourth-order valence-corrected chi connectivity index (χ4v) is 1.99. The maximum Gasteiger partial charge on any atom is 0.418 e. The highest BCUT2D eigenvalue weighted by molar-refractivity contribution is 6.28. The van der Waals surface area contributed by atoms with Gasteiger partial charge in [-0.15, -0.1) is 0 Å². The van der Waals surface area contributed by atoms with Crippen molar-refractivity contribution in [2.45, 2.75) is 12.7 Å². The van der Waals surface area contributed by atoms with Crippen molar-refractivity contribution in [1.82, 2.24) is 9.55 Å². The zero-order chi connectivity index (χ0) is 14.2. The molecule has 102 valence electrons. The Morgan fingerprint density at radius 3 is 2.63 bits per heavy atom. The lowest BCUT2D eigenvalue weighted by molar-refractivity contribution is -0.136. The van der Waals surface area contributed by atoms with E-state index in [1.807, 2.05) is 0 Å². The molecule has 0 aliphatic heterocycles. The van der Waals surface area contributed by atoms with E-state index in [2.05, 4.69) is 4.98 Å². The van der Waals surface area contributed by atoms with Crippen LogP contribution in [-0.2, 0) is 12.7 Å². The second-order valence-corrected chi connectivity index (χ2v) is 4.10. The fourth-order valence-electron chi connectivity index (χ4n) is 1.74. The first kappa shape index (κ1) is 13.8. The van der Waals surface area contributed by atoms with Crippen LogP contribution in [0.5, 0.6) is 0 Å². The van der Waals surface area contributed by atoms with Crippen LogP contribution in [0.3, 0.4) is 0 Å². The minimum absolute atomic E-state index is 0.128. The highest BCUT2D eigenvalue weighted by Gasteiger charge is 2.33. The number of aliphatic hydroxyl groups is 1. The third kappa shape index (κ3) is 2.43. The van der Waals surface area contributed by atoms with Crippen LogP contribution in [0, 0.1) is 0 Å². The topological polar surface area (TPSA) is 55.1 Å². The molecule has 0 fully saturated rings. The summed E-state index contributed by atoms with van der Waals surface area (Å²) in [7, 11) is 0. The largest absolute Gasteiger partial charge is 0.418 e. The number of aliphatic hydroxyl groups excluding tert-OH is 1. The minimum Gasteiger partial charge on any atom is -0.395 e. The highest BCUT2D eigenvalue weighted by Crippen LogP contribution is 2.33. The second-order valence-electron chi connectivity index (χ2n) is 3.76. The predicted molar refractivity (Wildman–Crippen MR) is 63.1 cm³/mol. The molecular formula is C11H8ClF3N2O2. The van der Waals surface area contributed by atoms with E-state index < -0.39 is 22.8 Å². The van der Waals surface area contributed by atoms with Crippen molar-refractivity contribution in [2.75, 3.05) is 6.61 Å². The zero-order valence-electron chi connectivity index (χ0n) is 9.41. The van der Waals surface area contributed by atoms with Crippen LogP contribution in [0.15, 0.2) is 23.0 Å². The number of para-hydroxylation sites is 1. The van der Waals surface area contributed by atoms with E-state index in [1.165, 1.54) is 6.07 Å². The Morgan fingerprint density at radius 2 is 2.05 bits per heavy atom. The summed E-state index contributed by atoms with van der Waals surface area (Å²) in [4.78, 5) is 15.6. The number of benzene rings is 1. The average molecular weight is 293 g/mol. The Hall–Kier alpha value is -1.60. The summed E-state index contributed by atoms with van der Waals surface area (Å²) < 4.78 is 39.3. The van der Waals surface area contributed by atoms with Gasteiger partial charge in [0, 0.05) is 0 Å². The number of alkyl halides is 3. The lowest BCUT2D eigenvalue weighted by Crippen LogP contribution is -2.24. The average Bonchev–Trinajstić information content (AvgIpc) is 2.32. The van der Waals surface area contributed by atoms with Gasteiger partial charge in [0.15, 0.2) is 0 Å². The van der Waals surface area contributed by atoms with Gasteiger partial charge in [-0.1, -0.05) is 6.07 Å². The number of halogens is 4. The molecule has 2 rings (SSSR count). The molecule has 0 saturated carbocycles. The first-order valence-electron chi connectivity index (χ1n) is 5.23. The van der Waals surface area contributed by atoms with Crippen molar-refractivity contribution < 1.29 is 18.3 Å². The SMILES string of the molecule is O=c1c2cccc(C(F)(F)F)c2nc(Cl)n1CCO. The molecule has 1 aromatic carbocycles. The van der Waals surface area contributed by atoms with Gasteiger partial charge in [-0.3, -0.25) is 9.36 Å². The molecule has 1 aromatic heterocycles. The summed E-state index contributed by atoms with van der Waals surface area (Å²) in [6, 6.07) is 3.21. The number of aromatic nitrogens is 2. The van der Waals surface area contributed by atoms with Crippen molar-refractivity contribution in [2.24, 2.45) is 0 Å². The molecular weight excluding hydrogens is 285 g/mol. The number of rotatable bonds is 2. The smallest absolute Gasteiger partial charge is 0.395 e. The number of fused-ring (bicyclic) bond motifs is 1. The van der Waals surface area contributed by atoms with E-state index in [1.54, 1.807) is 0 Å². The molecule has 0 aliphatic carbocycles. The molecule has 2 aromatic rings. The molecule has 1 heterocycles. The van der Waals surface area contributed by atoms with Gasteiger partial charge in [0.2, 0.25) is 5.28 Å². The molecule has 1 N–H and O–H groups in total. The zero-order valence-corrected chi connectivity index (χ0v) is 10.2. The quantitative estimate of drug-likeness (QED) is 0.862. The van der Waals surface area contributed by atoms with Crippen LogP contribution in [0.2, 0.25) is 5.28 Å². The predicted octanol–water partition coefficient (Wildman–Crippen LogP) is 2.06. The Labute approximate surface area is 110 Å². The van der Waals surface area contributed by atoms with Crippen LogP contribution in [0.1, 0.15) is 5.56 Å². The van der Waals surface area contributed by atoms with E-state index in [9.17, 15) is 18.0 Å². The lowest BCUT2D eigenvalue weighted by Gasteiger charge is -2.12. The number of nitrogens with zero attached hydrogens (tertiary/aromatic N) is 2. The van der Waals surface area contributed by atoms with Gasteiger partial charge < -0.3 is 5.11 Å². The first-order chi connectivity index (χ1) is 8.86. The van der Waals surface area contributed by atoms with Crippen molar-refractivity contribution in [3.63, 3.8) is 0 Å². The summed E-state index contributed by atoms with van der Waals surface area (Å²) in [5.74, 6) is 0. The van der Waals surface area contributed by atoms with Gasteiger partial charge in [-0.05, 0) is 23.7 Å². The van der Waals surface area contributed by atoms with Crippen LogP contribution in [0.4, 0.5) is 13.2 Å². The van der Waals surface area contributed by atoms with E-state index in [0.29, 0.717) is 0 Å². The highest BCUT2D eigenvalue weighted by atomic mass is 35.5. The molecule has 0 saturated heterocycles. The molecule has 0 amide bonds. The van der Waals surface area contributed by atoms with Crippen LogP contribution in [0.25, 0.3) is 10.9 Å². The van der Waals surface area contributed by atoms with Crippen molar-refractivity contribution in [3.8, 4) is 0 Å². The second kappa shape index (κ2) is 4.82. The molecule has 0 radical (unpaired) electrons. The number of hydrogen-bond acceptors (Lipinski definition) is 3. The monoisotopic (exact) mass is 292 g/mol. The van der Waals surface area contributed by atoms with E-state index in [0.717, 1.165) is 16.7 Å². The lowest BCUT2D eigenvalue weighted by atomic mass is 10.1. The Balaban J connectivity index is 2.84. The van der Waals surface area contributed by atoms with Gasteiger partial charge in [-0.2, -0.15) is 13.2 Å². The van der Waals surface area contributed by atoms with Crippen LogP contribution >= 0.6 is 11.6 Å². The third-order valence-electron chi connectivity index (χ3n) is 2.57. The van der Waals surface area contributed by atoms with E-state index in [4.69, 9.17) is 16.7 Å². The van der Waals surface area contributed by atoms with Crippen molar-refractivity contribution in [3.05, 3.63) is 39.4 Å². The maximum absolute atomic E-state index is 12.8. The summed E-state index contributed by atoms with van der Waals surface area (Å²) in [6.07, 6.45) is -4.62. The summed E-state index contributed by atoms with van der Waals surface area (Å²) in [5.41, 5.74) is -2.21. The molecule has 8 heteroatoms. The summed E-state index contributed by atoms with van der Waals surface area (Å²) in [6.45, 7) is -0.497. The van der Waals surface area contributed by atoms with Crippen molar-refractivity contribution >= 4 is 22.5 Å². The third-order valence-corrected chi connectivity index (χ3v) is 2.86. The molecule has 19 heavy (non-hydrogen) atoms. The maximum atomic E-state index is 12.8. The molecule has 0 spiro atoms. The fraction of sp³-hybridized carbons (Fsp3) is 0.273. The number of hydrogen-bond donors (Lipinski definition) is 1. The molecule has 0 aliphatic rings. The standard InChI is InChI=1S/C11H8ClF3N2O2/c12-10-16-8-6(9(19)17(10)4-5-18)2-1-3-7(8)11(13,14)15/h1-3,18H,4-5H2. The first-order valence-corrected chi connectivity index (χ1v) is 5.61. The van der Waals surface area contributed by atoms with Gasteiger partial charge in [0.1, 0.15) is 0 Å². The normalized spacial score (nSPS) is 12.1. The van der Waals surface area contributed by atoms with Gasteiger partial charge in [0.25, 0.3) is 5.56 Å². The van der Waals surface area contributed by atoms with Gasteiger partial charge >= 0.3 is 6.18 Å². The van der Waals surface area contributed by atoms with Gasteiger partial charge in [-0.25, -0.2) is 4.98 Å². The van der Waals surface area contributed by atoms with Crippen molar-refractivity contribution in [1.29, 1.82) is 0 Å². The Bertz CT molecular complexity index is 682. The molecule has 4 nitrogen and oxygen atoms in total. The minimum atomic E-state index is -4.62. The molecule has 0 atom stereocenters. The Morgan fingerprint density at radius 1 is 1.37 bits per heavy atom. The molecule has 0 bridgehead atoms.